The maximum atomic E-state index is 12.0. The van der Waals surface area contributed by atoms with Crippen LogP contribution in [0.3, 0.4) is 0 Å². The minimum Gasteiger partial charge on any atom is -0.467 e. The molecule has 1 aromatic carbocycles. The SMILES string of the molecule is O=C(NCc1ccco1)c1ccc(-c2ccncc2)cc1. The predicted molar refractivity (Wildman–Crippen MR) is 79.6 cm³/mol. The molecule has 0 radical (unpaired) electrons. The lowest BCUT2D eigenvalue weighted by molar-refractivity contribution is 0.0948. The zero-order valence-corrected chi connectivity index (χ0v) is 11.3. The van der Waals surface area contributed by atoms with Gasteiger partial charge >= 0.3 is 0 Å². The largest absolute Gasteiger partial charge is 0.467 e. The Balaban J connectivity index is 1.67. The van der Waals surface area contributed by atoms with Crippen molar-refractivity contribution in [2.24, 2.45) is 0 Å². The molecule has 0 aliphatic heterocycles. The highest BCUT2D eigenvalue weighted by Gasteiger charge is 2.06. The van der Waals surface area contributed by atoms with Crippen LogP contribution in [-0.2, 0) is 6.54 Å². The third-order valence-electron chi connectivity index (χ3n) is 3.16. The van der Waals surface area contributed by atoms with E-state index in [2.05, 4.69) is 10.3 Å². The van der Waals surface area contributed by atoms with E-state index in [0.717, 1.165) is 16.9 Å². The van der Waals surface area contributed by atoms with Crippen LogP contribution in [0.4, 0.5) is 0 Å². The van der Waals surface area contributed by atoms with Crippen molar-refractivity contribution in [3.8, 4) is 11.1 Å². The number of nitrogens with zero attached hydrogens (tertiary/aromatic N) is 1. The van der Waals surface area contributed by atoms with Crippen molar-refractivity contribution in [3.05, 3.63) is 78.5 Å². The second-order valence-electron chi connectivity index (χ2n) is 4.58. The van der Waals surface area contributed by atoms with Gasteiger partial charge in [-0.25, -0.2) is 0 Å². The van der Waals surface area contributed by atoms with E-state index >= 15 is 0 Å². The standard InChI is InChI=1S/C17H14N2O2/c20-17(19-12-16-2-1-11-21-16)15-5-3-13(4-6-15)14-7-9-18-10-8-14/h1-11H,12H2,(H,19,20). The van der Waals surface area contributed by atoms with Gasteiger partial charge in [0, 0.05) is 18.0 Å². The van der Waals surface area contributed by atoms with Gasteiger partial charge in [0.2, 0.25) is 0 Å². The van der Waals surface area contributed by atoms with Gasteiger partial charge in [-0.1, -0.05) is 12.1 Å². The van der Waals surface area contributed by atoms with Crippen molar-refractivity contribution in [2.45, 2.75) is 6.54 Å². The van der Waals surface area contributed by atoms with Gasteiger partial charge in [0.1, 0.15) is 5.76 Å². The molecule has 21 heavy (non-hydrogen) atoms. The molecule has 3 rings (SSSR count). The Morgan fingerprint density at radius 1 is 1.00 bits per heavy atom. The fraction of sp³-hybridized carbons (Fsp3) is 0.0588. The third-order valence-corrected chi connectivity index (χ3v) is 3.16. The van der Waals surface area contributed by atoms with Crippen molar-refractivity contribution in [1.29, 1.82) is 0 Å². The number of carbonyl (C=O) groups is 1. The Hall–Kier alpha value is -2.88. The maximum Gasteiger partial charge on any atom is 0.251 e. The first-order valence-electron chi connectivity index (χ1n) is 6.64. The highest BCUT2D eigenvalue weighted by atomic mass is 16.3. The molecule has 2 aromatic heterocycles. The van der Waals surface area contributed by atoms with Gasteiger partial charge in [-0.15, -0.1) is 0 Å². The number of hydrogen-bond acceptors (Lipinski definition) is 3. The summed E-state index contributed by atoms with van der Waals surface area (Å²) in [6.07, 6.45) is 5.09. The van der Waals surface area contributed by atoms with Crippen LogP contribution in [0.25, 0.3) is 11.1 Å². The summed E-state index contributed by atoms with van der Waals surface area (Å²) < 4.78 is 5.18. The molecule has 0 fully saturated rings. The average molecular weight is 278 g/mol. The summed E-state index contributed by atoms with van der Waals surface area (Å²) in [6.45, 7) is 0.387. The van der Waals surface area contributed by atoms with Gasteiger partial charge in [-0.2, -0.15) is 0 Å². The summed E-state index contributed by atoms with van der Waals surface area (Å²) in [5, 5.41) is 2.82. The van der Waals surface area contributed by atoms with Gasteiger partial charge in [0.05, 0.1) is 12.8 Å². The second-order valence-corrected chi connectivity index (χ2v) is 4.58. The lowest BCUT2D eigenvalue weighted by Gasteiger charge is -2.05. The van der Waals surface area contributed by atoms with Crippen LogP contribution in [0.15, 0.2) is 71.6 Å². The molecule has 0 atom stereocenters. The number of rotatable bonds is 4. The summed E-state index contributed by atoms with van der Waals surface area (Å²) in [6, 6.07) is 15.0. The van der Waals surface area contributed by atoms with E-state index in [-0.39, 0.29) is 5.91 Å². The first kappa shape index (κ1) is 13.1. The summed E-state index contributed by atoms with van der Waals surface area (Å²) >= 11 is 0. The summed E-state index contributed by atoms with van der Waals surface area (Å²) in [7, 11) is 0. The fourth-order valence-electron chi connectivity index (χ4n) is 2.04. The Morgan fingerprint density at radius 2 is 1.71 bits per heavy atom. The van der Waals surface area contributed by atoms with Gasteiger partial charge in [-0.3, -0.25) is 9.78 Å². The molecule has 0 spiro atoms. The molecule has 4 nitrogen and oxygen atoms in total. The molecular formula is C17H14N2O2. The highest BCUT2D eigenvalue weighted by molar-refractivity contribution is 5.94. The first-order chi connectivity index (χ1) is 10.3. The lowest BCUT2D eigenvalue weighted by atomic mass is 10.1. The summed E-state index contributed by atoms with van der Waals surface area (Å²) in [5.74, 6) is 0.615. The van der Waals surface area contributed by atoms with E-state index in [1.165, 1.54) is 0 Å². The molecular weight excluding hydrogens is 264 g/mol. The Morgan fingerprint density at radius 3 is 2.38 bits per heavy atom. The number of furan rings is 1. The van der Waals surface area contributed by atoms with Crippen LogP contribution >= 0.6 is 0 Å². The molecule has 0 saturated carbocycles. The molecule has 0 unspecified atom stereocenters. The van der Waals surface area contributed by atoms with Gasteiger partial charge in [0.15, 0.2) is 0 Å². The molecule has 1 N–H and O–H groups in total. The maximum absolute atomic E-state index is 12.0. The Labute approximate surface area is 122 Å². The molecule has 2 heterocycles. The smallest absolute Gasteiger partial charge is 0.251 e. The summed E-state index contributed by atoms with van der Waals surface area (Å²) in [5.41, 5.74) is 2.76. The van der Waals surface area contributed by atoms with Crippen LogP contribution in [0.1, 0.15) is 16.1 Å². The zero-order chi connectivity index (χ0) is 14.5. The quantitative estimate of drug-likeness (QED) is 0.797. The van der Waals surface area contributed by atoms with Gasteiger partial charge in [0.25, 0.3) is 5.91 Å². The van der Waals surface area contributed by atoms with E-state index in [1.807, 2.05) is 42.5 Å². The van der Waals surface area contributed by atoms with Crippen molar-refractivity contribution >= 4 is 5.91 Å². The molecule has 0 aliphatic rings. The first-order valence-corrected chi connectivity index (χ1v) is 6.64. The van der Waals surface area contributed by atoms with Gasteiger partial charge < -0.3 is 9.73 Å². The molecule has 3 aromatic rings. The number of carbonyl (C=O) groups excluding carboxylic acids is 1. The van der Waals surface area contributed by atoms with Crippen molar-refractivity contribution in [1.82, 2.24) is 10.3 Å². The van der Waals surface area contributed by atoms with E-state index in [9.17, 15) is 4.79 Å². The van der Waals surface area contributed by atoms with Crippen LogP contribution in [-0.4, -0.2) is 10.9 Å². The average Bonchev–Trinajstić information content (AvgIpc) is 3.07. The second kappa shape index (κ2) is 6.05. The number of nitrogens with one attached hydrogen (secondary N) is 1. The van der Waals surface area contributed by atoms with Crippen LogP contribution in [0.2, 0.25) is 0 Å². The van der Waals surface area contributed by atoms with Gasteiger partial charge in [-0.05, 0) is 47.5 Å². The molecule has 0 aliphatic carbocycles. The number of amides is 1. The number of hydrogen-bond donors (Lipinski definition) is 1. The Kier molecular flexibility index (Phi) is 3.78. The van der Waals surface area contributed by atoms with E-state index in [0.29, 0.717) is 12.1 Å². The minimum atomic E-state index is -0.118. The van der Waals surface area contributed by atoms with E-state index < -0.39 is 0 Å². The van der Waals surface area contributed by atoms with Crippen LogP contribution in [0, 0.1) is 0 Å². The minimum absolute atomic E-state index is 0.118. The molecule has 4 heteroatoms. The number of aromatic nitrogens is 1. The van der Waals surface area contributed by atoms with E-state index in [1.54, 1.807) is 24.7 Å². The monoisotopic (exact) mass is 278 g/mol. The van der Waals surface area contributed by atoms with Crippen molar-refractivity contribution < 1.29 is 9.21 Å². The van der Waals surface area contributed by atoms with Crippen molar-refractivity contribution in [3.63, 3.8) is 0 Å². The third kappa shape index (κ3) is 3.17. The zero-order valence-electron chi connectivity index (χ0n) is 11.3. The topological polar surface area (TPSA) is 55.1 Å². The Bertz CT molecular complexity index is 704. The lowest BCUT2D eigenvalue weighted by Crippen LogP contribution is -2.22. The molecule has 104 valence electrons. The predicted octanol–water partition coefficient (Wildman–Crippen LogP) is 3.27. The number of benzene rings is 1. The van der Waals surface area contributed by atoms with E-state index in [4.69, 9.17) is 4.42 Å². The van der Waals surface area contributed by atoms with Crippen molar-refractivity contribution in [2.75, 3.05) is 0 Å². The molecule has 1 amide bonds. The molecule has 0 bridgehead atoms. The number of pyridine rings is 1. The van der Waals surface area contributed by atoms with Crippen LogP contribution < -0.4 is 5.32 Å². The fourth-order valence-corrected chi connectivity index (χ4v) is 2.04. The normalized spacial score (nSPS) is 10.3. The molecule has 0 saturated heterocycles. The summed E-state index contributed by atoms with van der Waals surface area (Å²) in [4.78, 5) is 16.0. The van der Waals surface area contributed by atoms with Crippen LogP contribution in [0.5, 0.6) is 0 Å². The highest BCUT2D eigenvalue weighted by Crippen LogP contribution is 2.18.